The number of rotatable bonds is 4. The van der Waals surface area contributed by atoms with Crippen LogP contribution >= 0.6 is 0 Å². The van der Waals surface area contributed by atoms with E-state index in [2.05, 4.69) is 0 Å². The standard InChI is InChI=1S/C14H17N3O4/c1-19-12-7-10(8-15)6-11(16)14(12)21-9-13(18)17-2-4-20-5-3-17/h6-7H,2-5,9,16H2,1H3. The number of carbonyl (C=O) groups is 1. The van der Waals surface area contributed by atoms with E-state index in [4.69, 9.17) is 25.2 Å². The highest BCUT2D eigenvalue weighted by Crippen LogP contribution is 2.34. The minimum absolute atomic E-state index is 0.132. The average Bonchev–Trinajstić information content (AvgIpc) is 2.53. The lowest BCUT2D eigenvalue weighted by atomic mass is 10.2. The zero-order chi connectivity index (χ0) is 15.2. The molecule has 0 spiro atoms. The van der Waals surface area contributed by atoms with Gasteiger partial charge in [-0.05, 0) is 6.07 Å². The van der Waals surface area contributed by atoms with Gasteiger partial charge in [0.2, 0.25) is 0 Å². The van der Waals surface area contributed by atoms with Gasteiger partial charge >= 0.3 is 0 Å². The number of amides is 1. The molecule has 21 heavy (non-hydrogen) atoms. The molecule has 1 fully saturated rings. The Morgan fingerprint density at radius 1 is 1.48 bits per heavy atom. The van der Waals surface area contributed by atoms with Crippen molar-refractivity contribution in [3.05, 3.63) is 17.7 Å². The molecule has 0 aliphatic carbocycles. The zero-order valence-corrected chi connectivity index (χ0v) is 11.8. The van der Waals surface area contributed by atoms with Gasteiger partial charge in [-0.3, -0.25) is 4.79 Å². The molecule has 0 atom stereocenters. The first-order valence-electron chi connectivity index (χ1n) is 6.51. The topological polar surface area (TPSA) is 97.8 Å². The molecule has 0 unspecified atom stereocenters. The van der Waals surface area contributed by atoms with Gasteiger partial charge < -0.3 is 24.8 Å². The molecule has 112 valence electrons. The van der Waals surface area contributed by atoms with Gasteiger partial charge in [-0.25, -0.2) is 0 Å². The van der Waals surface area contributed by atoms with Crippen molar-refractivity contribution >= 4 is 11.6 Å². The molecule has 1 saturated heterocycles. The molecule has 0 aromatic heterocycles. The number of morpholine rings is 1. The summed E-state index contributed by atoms with van der Waals surface area (Å²) >= 11 is 0. The number of carbonyl (C=O) groups excluding carboxylic acids is 1. The van der Waals surface area contributed by atoms with E-state index in [1.807, 2.05) is 6.07 Å². The monoisotopic (exact) mass is 291 g/mol. The fourth-order valence-corrected chi connectivity index (χ4v) is 2.03. The number of nitrogen functional groups attached to an aromatic ring is 1. The smallest absolute Gasteiger partial charge is 0.260 e. The van der Waals surface area contributed by atoms with Crippen molar-refractivity contribution < 1.29 is 19.0 Å². The SMILES string of the molecule is COc1cc(C#N)cc(N)c1OCC(=O)N1CCOCC1. The van der Waals surface area contributed by atoms with Crippen LogP contribution in [0.5, 0.6) is 11.5 Å². The van der Waals surface area contributed by atoms with Crippen LogP contribution in [0.15, 0.2) is 12.1 Å². The highest BCUT2D eigenvalue weighted by Gasteiger charge is 2.19. The molecule has 7 nitrogen and oxygen atoms in total. The Labute approximate surface area is 122 Å². The summed E-state index contributed by atoms with van der Waals surface area (Å²) in [6.45, 7) is 2.05. The Morgan fingerprint density at radius 3 is 2.81 bits per heavy atom. The van der Waals surface area contributed by atoms with Crippen molar-refractivity contribution in [2.75, 3.05) is 45.8 Å². The molecule has 2 rings (SSSR count). The summed E-state index contributed by atoms with van der Waals surface area (Å²) in [5, 5.41) is 8.89. The largest absolute Gasteiger partial charge is 0.493 e. The molecule has 0 bridgehead atoms. The molecule has 0 saturated carbocycles. The lowest BCUT2D eigenvalue weighted by molar-refractivity contribution is -0.137. The molecule has 1 aliphatic heterocycles. The Hall–Kier alpha value is -2.46. The van der Waals surface area contributed by atoms with Crippen LogP contribution in [-0.2, 0) is 9.53 Å². The second-order valence-electron chi connectivity index (χ2n) is 4.49. The van der Waals surface area contributed by atoms with Crippen LogP contribution in [0.2, 0.25) is 0 Å². The van der Waals surface area contributed by atoms with Gasteiger partial charge in [-0.2, -0.15) is 5.26 Å². The highest BCUT2D eigenvalue weighted by atomic mass is 16.5. The van der Waals surface area contributed by atoms with Crippen molar-refractivity contribution in [2.24, 2.45) is 0 Å². The summed E-state index contributed by atoms with van der Waals surface area (Å²) in [6.07, 6.45) is 0. The number of methoxy groups -OCH3 is 1. The number of anilines is 1. The summed E-state index contributed by atoms with van der Waals surface area (Å²) in [5.74, 6) is 0.476. The van der Waals surface area contributed by atoms with Crippen molar-refractivity contribution in [1.29, 1.82) is 5.26 Å². The number of nitrogens with zero attached hydrogens (tertiary/aromatic N) is 2. The number of nitrogens with two attached hydrogens (primary N) is 1. The molecule has 1 aromatic rings. The minimum atomic E-state index is -0.135. The molecule has 1 aromatic carbocycles. The molecule has 1 aliphatic rings. The highest BCUT2D eigenvalue weighted by molar-refractivity contribution is 5.78. The van der Waals surface area contributed by atoms with Gasteiger partial charge in [-0.15, -0.1) is 0 Å². The second-order valence-corrected chi connectivity index (χ2v) is 4.49. The zero-order valence-electron chi connectivity index (χ0n) is 11.8. The third-order valence-corrected chi connectivity index (χ3v) is 3.14. The maximum atomic E-state index is 12.0. The van der Waals surface area contributed by atoms with E-state index in [9.17, 15) is 4.79 Å². The third-order valence-electron chi connectivity index (χ3n) is 3.14. The van der Waals surface area contributed by atoms with Crippen molar-refractivity contribution in [2.45, 2.75) is 0 Å². The first kappa shape index (κ1) is 14.9. The number of ether oxygens (including phenoxy) is 3. The first-order valence-corrected chi connectivity index (χ1v) is 6.51. The number of hydrogen-bond acceptors (Lipinski definition) is 6. The fraction of sp³-hybridized carbons (Fsp3) is 0.429. The van der Waals surface area contributed by atoms with Gasteiger partial charge in [0.05, 0.1) is 37.6 Å². The molecule has 1 heterocycles. The Balaban J connectivity index is 2.05. The van der Waals surface area contributed by atoms with Crippen LogP contribution < -0.4 is 15.2 Å². The van der Waals surface area contributed by atoms with Crippen molar-refractivity contribution in [1.82, 2.24) is 4.90 Å². The van der Waals surface area contributed by atoms with E-state index in [-0.39, 0.29) is 24.0 Å². The number of hydrogen-bond donors (Lipinski definition) is 1. The number of benzene rings is 1. The van der Waals surface area contributed by atoms with Crippen molar-refractivity contribution in [3.63, 3.8) is 0 Å². The predicted molar refractivity (Wildman–Crippen MR) is 75.0 cm³/mol. The van der Waals surface area contributed by atoms with E-state index >= 15 is 0 Å². The lowest BCUT2D eigenvalue weighted by Gasteiger charge is -2.26. The van der Waals surface area contributed by atoms with Gasteiger partial charge in [-0.1, -0.05) is 0 Å². The van der Waals surface area contributed by atoms with Crippen LogP contribution in [0.3, 0.4) is 0 Å². The normalized spacial score (nSPS) is 14.4. The third kappa shape index (κ3) is 3.55. The van der Waals surface area contributed by atoms with Gasteiger partial charge in [0.1, 0.15) is 0 Å². The van der Waals surface area contributed by atoms with Crippen LogP contribution in [0, 0.1) is 11.3 Å². The van der Waals surface area contributed by atoms with E-state index in [0.29, 0.717) is 37.6 Å². The van der Waals surface area contributed by atoms with E-state index in [1.54, 1.807) is 4.90 Å². The Kier molecular flexibility index (Phi) is 4.85. The van der Waals surface area contributed by atoms with Gasteiger partial charge in [0.15, 0.2) is 18.1 Å². The fourth-order valence-electron chi connectivity index (χ4n) is 2.03. The summed E-state index contributed by atoms with van der Waals surface area (Å²) in [7, 11) is 1.45. The molecule has 1 amide bonds. The maximum absolute atomic E-state index is 12.0. The van der Waals surface area contributed by atoms with Crippen LogP contribution in [0.4, 0.5) is 5.69 Å². The van der Waals surface area contributed by atoms with Crippen molar-refractivity contribution in [3.8, 4) is 17.6 Å². The maximum Gasteiger partial charge on any atom is 0.260 e. The van der Waals surface area contributed by atoms with E-state index < -0.39 is 0 Å². The van der Waals surface area contributed by atoms with Crippen LogP contribution in [0.25, 0.3) is 0 Å². The van der Waals surface area contributed by atoms with Gasteiger partial charge in [0.25, 0.3) is 5.91 Å². The predicted octanol–water partition coefficient (Wildman–Crippen LogP) is 0.387. The quantitative estimate of drug-likeness (QED) is 0.806. The second kappa shape index (κ2) is 6.81. The Bertz CT molecular complexity index is 562. The molecule has 2 N–H and O–H groups in total. The molecular weight excluding hydrogens is 274 g/mol. The Morgan fingerprint density at radius 2 is 2.19 bits per heavy atom. The van der Waals surface area contributed by atoms with E-state index in [1.165, 1.54) is 19.2 Å². The van der Waals surface area contributed by atoms with Gasteiger partial charge in [0, 0.05) is 19.2 Å². The summed E-state index contributed by atoms with van der Waals surface area (Å²) < 4.78 is 15.8. The minimum Gasteiger partial charge on any atom is -0.493 e. The van der Waals surface area contributed by atoms with Crippen LogP contribution in [0.1, 0.15) is 5.56 Å². The number of nitriles is 1. The molecular formula is C14H17N3O4. The average molecular weight is 291 g/mol. The molecule has 0 radical (unpaired) electrons. The lowest BCUT2D eigenvalue weighted by Crippen LogP contribution is -2.43. The van der Waals surface area contributed by atoms with Crippen LogP contribution in [-0.4, -0.2) is 50.8 Å². The van der Waals surface area contributed by atoms with E-state index in [0.717, 1.165) is 0 Å². The summed E-state index contributed by atoms with van der Waals surface area (Å²) in [6, 6.07) is 4.98. The molecule has 7 heteroatoms. The summed E-state index contributed by atoms with van der Waals surface area (Å²) in [5.41, 5.74) is 6.47. The summed E-state index contributed by atoms with van der Waals surface area (Å²) in [4.78, 5) is 13.7. The first-order chi connectivity index (χ1) is 10.2.